The third-order valence-electron chi connectivity index (χ3n) is 5.07. The van der Waals surface area contributed by atoms with Crippen molar-refractivity contribution < 1.29 is 4.74 Å². The molecular formula is C23H30ClIN6O. The minimum Gasteiger partial charge on any atom is -0.497 e. The molecule has 3 rings (SSSR count). The number of benzene rings is 2. The SMILES string of the molecule is COc1ccc(CCNC(=NCc2nnc(C)n2C)NCCc2ccccc2Cl)cc1.I. The zero-order chi connectivity index (χ0) is 22.1. The van der Waals surface area contributed by atoms with Gasteiger partial charge in [0.05, 0.1) is 7.11 Å². The molecule has 172 valence electrons. The Morgan fingerprint density at radius 2 is 1.72 bits per heavy atom. The van der Waals surface area contributed by atoms with E-state index in [0.717, 1.165) is 59.9 Å². The van der Waals surface area contributed by atoms with Crippen LogP contribution in [0.5, 0.6) is 5.75 Å². The number of ether oxygens (including phenoxy) is 1. The van der Waals surface area contributed by atoms with Crippen LogP contribution in [0.4, 0.5) is 0 Å². The lowest BCUT2D eigenvalue weighted by atomic mass is 10.1. The highest BCUT2D eigenvalue weighted by Gasteiger charge is 2.06. The molecule has 3 aromatic rings. The van der Waals surface area contributed by atoms with Gasteiger partial charge in [0.1, 0.15) is 18.1 Å². The van der Waals surface area contributed by atoms with Crippen molar-refractivity contribution in [2.75, 3.05) is 20.2 Å². The molecule has 32 heavy (non-hydrogen) atoms. The van der Waals surface area contributed by atoms with E-state index >= 15 is 0 Å². The Morgan fingerprint density at radius 3 is 2.34 bits per heavy atom. The zero-order valence-electron chi connectivity index (χ0n) is 18.6. The fourth-order valence-electron chi connectivity index (χ4n) is 3.05. The topological polar surface area (TPSA) is 76.4 Å². The average molecular weight is 569 g/mol. The number of methoxy groups -OCH3 is 1. The van der Waals surface area contributed by atoms with Crippen LogP contribution in [-0.4, -0.2) is 40.9 Å². The molecule has 0 saturated carbocycles. The second-order valence-corrected chi connectivity index (χ2v) is 7.59. The van der Waals surface area contributed by atoms with Crippen LogP contribution in [0.2, 0.25) is 5.02 Å². The number of aliphatic imine (C=N–C) groups is 1. The summed E-state index contributed by atoms with van der Waals surface area (Å²) >= 11 is 6.27. The van der Waals surface area contributed by atoms with Crippen molar-refractivity contribution >= 4 is 41.5 Å². The predicted octanol–water partition coefficient (Wildman–Crippen LogP) is 3.92. The Morgan fingerprint density at radius 1 is 1.03 bits per heavy atom. The van der Waals surface area contributed by atoms with E-state index in [0.29, 0.717) is 6.54 Å². The van der Waals surface area contributed by atoms with Crippen LogP contribution >= 0.6 is 35.6 Å². The van der Waals surface area contributed by atoms with Crippen molar-refractivity contribution in [2.45, 2.75) is 26.3 Å². The van der Waals surface area contributed by atoms with Gasteiger partial charge in [-0.1, -0.05) is 41.9 Å². The van der Waals surface area contributed by atoms with Crippen LogP contribution in [0.15, 0.2) is 53.5 Å². The molecule has 0 aliphatic heterocycles. The lowest BCUT2D eigenvalue weighted by Gasteiger charge is -2.13. The van der Waals surface area contributed by atoms with E-state index in [9.17, 15) is 0 Å². The highest BCUT2D eigenvalue weighted by molar-refractivity contribution is 14.0. The molecule has 0 aliphatic rings. The van der Waals surface area contributed by atoms with Crippen LogP contribution in [0, 0.1) is 6.92 Å². The van der Waals surface area contributed by atoms with E-state index in [1.54, 1.807) is 7.11 Å². The lowest BCUT2D eigenvalue weighted by Crippen LogP contribution is -2.39. The molecule has 1 heterocycles. The van der Waals surface area contributed by atoms with E-state index in [-0.39, 0.29) is 24.0 Å². The highest BCUT2D eigenvalue weighted by atomic mass is 127. The van der Waals surface area contributed by atoms with E-state index < -0.39 is 0 Å². The number of nitrogens with one attached hydrogen (secondary N) is 2. The first-order chi connectivity index (χ1) is 15.1. The third-order valence-corrected chi connectivity index (χ3v) is 5.44. The number of rotatable bonds is 9. The second-order valence-electron chi connectivity index (χ2n) is 7.18. The van der Waals surface area contributed by atoms with Crippen LogP contribution in [0.1, 0.15) is 22.8 Å². The first-order valence-corrected chi connectivity index (χ1v) is 10.7. The Balaban J connectivity index is 0.00000363. The van der Waals surface area contributed by atoms with Gasteiger partial charge in [-0.2, -0.15) is 0 Å². The third kappa shape index (κ3) is 7.67. The fraction of sp³-hybridized carbons (Fsp3) is 0.348. The molecule has 0 saturated heterocycles. The molecule has 0 unspecified atom stereocenters. The predicted molar refractivity (Wildman–Crippen MR) is 140 cm³/mol. The summed E-state index contributed by atoms with van der Waals surface area (Å²) < 4.78 is 7.17. The quantitative estimate of drug-likeness (QED) is 0.233. The maximum atomic E-state index is 6.27. The molecule has 7 nitrogen and oxygen atoms in total. The Bertz CT molecular complexity index is 1010. The molecule has 9 heteroatoms. The van der Waals surface area contributed by atoms with Crippen molar-refractivity contribution in [2.24, 2.45) is 12.0 Å². The summed E-state index contributed by atoms with van der Waals surface area (Å²) in [5, 5.41) is 15.9. The minimum absolute atomic E-state index is 0. The molecule has 0 spiro atoms. The minimum atomic E-state index is 0. The number of aromatic nitrogens is 3. The van der Waals surface area contributed by atoms with Crippen molar-refractivity contribution in [1.29, 1.82) is 0 Å². The summed E-state index contributed by atoms with van der Waals surface area (Å²) in [4.78, 5) is 4.70. The summed E-state index contributed by atoms with van der Waals surface area (Å²) in [6.07, 6.45) is 1.68. The highest BCUT2D eigenvalue weighted by Crippen LogP contribution is 2.15. The first-order valence-electron chi connectivity index (χ1n) is 10.3. The van der Waals surface area contributed by atoms with Crippen LogP contribution in [0.3, 0.4) is 0 Å². The van der Waals surface area contributed by atoms with Gasteiger partial charge >= 0.3 is 0 Å². The van der Waals surface area contributed by atoms with Crippen molar-refractivity contribution in [3.05, 3.63) is 76.3 Å². The van der Waals surface area contributed by atoms with Crippen molar-refractivity contribution in [1.82, 2.24) is 25.4 Å². The summed E-state index contributed by atoms with van der Waals surface area (Å²) in [5.74, 6) is 3.28. The molecule has 0 aliphatic carbocycles. The Labute approximate surface area is 211 Å². The van der Waals surface area contributed by atoms with E-state index in [1.807, 2.05) is 54.9 Å². The maximum Gasteiger partial charge on any atom is 0.191 e. The first kappa shape index (κ1) is 25.9. The number of guanidine groups is 1. The van der Waals surface area contributed by atoms with E-state index in [2.05, 4.69) is 33.0 Å². The van der Waals surface area contributed by atoms with Crippen LogP contribution < -0.4 is 15.4 Å². The maximum absolute atomic E-state index is 6.27. The molecule has 0 fully saturated rings. The van der Waals surface area contributed by atoms with Gasteiger partial charge in [0, 0.05) is 25.2 Å². The number of hydrogen-bond donors (Lipinski definition) is 2. The molecule has 1 aromatic heterocycles. The monoisotopic (exact) mass is 568 g/mol. The summed E-state index contributed by atoms with van der Waals surface area (Å²) in [6.45, 7) is 3.84. The smallest absolute Gasteiger partial charge is 0.191 e. The molecule has 0 amide bonds. The standard InChI is InChI=1S/C23H29ClN6O.HI/c1-17-28-29-22(30(17)2)16-27-23(26-15-13-19-6-4-5-7-21(19)24)25-14-12-18-8-10-20(31-3)11-9-18;/h4-11H,12-16H2,1-3H3,(H2,25,26,27);1H. The van der Waals surface area contributed by atoms with Gasteiger partial charge in [-0.3, -0.25) is 0 Å². The van der Waals surface area contributed by atoms with E-state index in [4.69, 9.17) is 21.3 Å². The van der Waals surface area contributed by atoms with Gasteiger partial charge in [0.25, 0.3) is 0 Å². The van der Waals surface area contributed by atoms with E-state index in [1.165, 1.54) is 5.56 Å². The van der Waals surface area contributed by atoms with Crippen LogP contribution in [-0.2, 0) is 26.4 Å². The van der Waals surface area contributed by atoms with Crippen LogP contribution in [0.25, 0.3) is 0 Å². The lowest BCUT2D eigenvalue weighted by molar-refractivity contribution is 0.414. The molecule has 0 radical (unpaired) electrons. The molecule has 2 N–H and O–H groups in total. The average Bonchev–Trinajstić information content (AvgIpc) is 3.11. The molecule has 0 bridgehead atoms. The van der Waals surface area contributed by atoms with Crippen molar-refractivity contribution in [3.63, 3.8) is 0 Å². The second kappa shape index (κ2) is 13.3. The summed E-state index contributed by atoms with van der Waals surface area (Å²) in [5.41, 5.74) is 2.34. The number of hydrogen-bond acceptors (Lipinski definition) is 4. The molecule has 2 aromatic carbocycles. The van der Waals surface area contributed by atoms with Gasteiger partial charge in [0.2, 0.25) is 0 Å². The number of nitrogens with zero attached hydrogens (tertiary/aromatic N) is 4. The summed E-state index contributed by atoms with van der Waals surface area (Å²) in [6, 6.07) is 16.0. The van der Waals surface area contributed by atoms with Gasteiger partial charge in [-0.15, -0.1) is 34.2 Å². The zero-order valence-corrected chi connectivity index (χ0v) is 21.7. The van der Waals surface area contributed by atoms with Crippen molar-refractivity contribution in [3.8, 4) is 5.75 Å². The van der Waals surface area contributed by atoms with Gasteiger partial charge < -0.3 is 19.9 Å². The van der Waals surface area contributed by atoms with Gasteiger partial charge in [0.15, 0.2) is 11.8 Å². The molecular weight excluding hydrogens is 539 g/mol. The molecule has 0 atom stereocenters. The van der Waals surface area contributed by atoms with Gasteiger partial charge in [-0.05, 0) is 49.1 Å². The fourth-order valence-corrected chi connectivity index (χ4v) is 3.28. The Hall–Kier alpha value is -2.33. The van der Waals surface area contributed by atoms with Gasteiger partial charge in [-0.25, -0.2) is 4.99 Å². The largest absolute Gasteiger partial charge is 0.497 e. The number of aryl methyl sites for hydroxylation is 1. The normalized spacial score (nSPS) is 11.1. The summed E-state index contributed by atoms with van der Waals surface area (Å²) in [7, 11) is 3.62. The number of halogens is 2. The Kier molecular flexibility index (Phi) is 10.8.